The maximum atomic E-state index is 13.3. The third kappa shape index (κ3) is 9.13. The van der Waals surface area contributed by atoms with Gasteiger partial charge in [-0.05, 0) is 56.0 Å². The van der Waals surface area contributed by atoms with Crippen molar-refractivity contribution in [2.24, 2.45) is 0 Å². The lowest BCUT2D eigenvalue weighted by atomic mass is 10.1. The van der Waals surface area contributed by atoms with Crippen LogP contribution in [0.4, 0.5) is 5.82 Å². The molecular formula is C33H38N4O7. The maximum Gasteiger partial charge on any atom is 0.351 e. The summed E-state index contributed by atoms with van der Waals surface area (Å²) in [6.45, 7) is 5.81. The molecule has 3 aromatic carbocycles. The number of carbonyl (C=O) groups is 1. The normalized spacial score (nSPS) is 11.2. The van der Waals surface area contributed by atoms with Crippen molar-refractivity contribution in [1.29, 1.82) is 0 Å². The Bertz CT molecular complexity index is 1600. The van der Waals surface area contributed by atoms with Crippen molar-refractivity contribution in [2.75, 3.05) is 18.5 Å². The van der Waals surface area contributed by atoms with E-state index in [-0.39, 0.29) is 39.1 Å². The van der Waals surface area contributed by atoms with Crippen LogP contribution in [0.15, 0.2) is 94.5 Å². The van der Waals surface area contributed by atoms with Crippen LogP contribution in [0.2, 0.25) is 0 Å². The first-order chi connectivity index (χ1) is 21.3. The van der Waals surface area contributed by atoms with E-state index in [2.05, 4.69) is 10.4 Å². The Hall–Kier alpha value is -4.74. The molecule has 232 valence electrons. The fourth-order valence-corrected chi connectivity index (χ4v) is 4.21. The van der Waals surface area contributed by atoms with E-state index in [1.54, 1.807) is 32.9 Å². The number of anilines is 1. The largest absolute Gasteiger partial charge is 0.476 e. The van der Waals surface area contributed by atoms with Gasteiger partial charge in [0.25, 0.3) is 0 Å². The van der Waals surface area contributed by atoms with Crippen LogP contribution < -0.4 is 21.3 Å². The molecule has 11 nitrogen and oxygen atoms in total. The first kappa shape index (κ1) is 32.2. The lowest BCUT2D eigenvalue weighted by molar-refractivity contribution is -0.158. The summed E-state index contributed by atoms with van der Waals surface area (Å²) < 4.78 is 24.4. The molecule has 0 saturated carbocycles. The number of hydrogen-bond acceptors (Lipinski definition) is 9. The Kier molecular flexibility index (Phi) is 11.4. The van der Waals surface area contributed by atoms with Crippen LogP contribution in [0.3, 0.4) is 0 Å². The van der Waals surface area contributed by atoms with Crippen LogP contribution in [0.5, 0.6) is 5.75 Å². The predicted octanol–water partition coefficient (Wildman–Crippen LogP) is 4.13. The number of carbonyl (C=O) groups excluding carboxylic acids is 1. The SMILES string of the molecule is CCOC(=O)C(C)(C)Oc1ccc(CCNc2nn(COCc3ccccc3)c(=O)n(COCc3ccccc3)c2=O)cc1. The van der Waals surface area contributed by atoms with Crippen LogP contribution in [-0.4, -0.2) is 39.1 Å². The maximum absolute atomic E-state index is 13.3. The quantitative estimate of drug-likeness (QED) is 0.189. The molecule has 0 atom stereocenters. The van der Waals surface area contributed by atoms with E-state index in [0.29, 0.717) is 18.7 Å². The van der Waals surface area contributed by atoms with Gasteiger partial charge in [-0.1, -0.05) is 72.8 Å². The third-order valence-corrected chi connectivity index (χ3v) is 6.55. The number of esters is 1. The molecule has 0 aliphatic rings. The molecule has 0 spiro atoms. The van der Waals surface area contributed by atoms with E-state index in [1.165, 1.54) is 0 Å². The Balaban J connectivity index is 1.42. The first-order valence-corrected chi connectivity index (χ1v) is 14.4. The van der Waals surface area contributed by atoms with E-state index >= 15 is 0 Å². The number of benzene rings is 3. The third-order valence-electron chi connectivity index (χ3n) is 6.55. The molecule has 0 amide bonds. The predicted molar refractivity (Wildman–Crippen MR) is 165 cm³/mol. The zero-order chi connectivity index (χ0) is 31.4. The van der Waals surface area contributed by atoms with E-state index in [9.17, 15) is 14.4 Å². The van der Waals surface area contributed by atoms with Gasteiger partial charge in [-0.25, -0.2) is 14.2 Å². The van der Waals surface area contributed by atoms with Gasteiger partial charge < -0.3 is 24.3 Å². The van der Waals surface area contributed by atoms with Gasteiger partial charge in [-0.2, -0.15) is 4.68 Å². The number of nitrogens with zero attached hydrogens (tertiary/aromatic N) is 3. The second-order valence-electron chi connectivity index (χ2n) is 10.4. The zero-order valence-corrected chi connectivity index (χ0v) is 25.2. The summed E-state index contributed by atoms with van der Waals surface area (Å²) >= 11 is 0. The van der Waals surface area contributed by atoms with Crippen LogP contribution in [-0.2, 0) is 52.1 Å². The number of rotatable bonds is 16. The van der Waals surface area contributed by atoms with Gasteiger partial charge in [0, 0.05) is 6.54 Å². The molecule has 0 unspecified atom stereocenters. The first-order valence-electron chi connectivity index (χ1n) is 14.4. The summed E-state index contributed by atoms with van der Waals surface area (Å²) in [6, 6.07) is 26.3. The van der Waals surface area contributed by atoms with Crippen molar-refractivity contribution in [3.63, 3.8) is 0 Å². The Morgan fingerprint density at radius 2 is 1.41 bits per heavy atom. The summed E-state index contributed by atoms with van der Waals surface area (Å²) in [5.41, 5.74) is 0.475. The van der Waals surface area contributed by atoms with Gasteiger partial charge >= 0.3 is 17.2 Å². The van der Waals surface area contributed by atoms with Crippen molar-refractivity contribution in [3.05, 3.63) is 122 Å². The Labute approximate surface area is 256 Å². The molecule has 0 aliphatic heterocycles. The Morgan fingerprint density at radius 1 is 0.818 bits per heavy atom. The molecule has 0 radical (unpaired) electrons. The molecule has 0 fully saturated rings. The number of ether oxygens (including phenoxy) is 4. The monoisotopic (exact) mass is 602 g/mol. The zero-order valence-electron chi connectivity index (χ0n) is 25.2. The lowest BCUT2D eigenvalue weighted by Gasteiger charge is -2.24. The van der Waals surface area contributed by atoms with Crippen LogP contribution >= 0.6 is 0 Å². The van der Waals surface area contributed by atoms with Crippen molar-refractivity contribution in [3.8, 4) is 5.75 Å². The van der Waals surface area contributed by atoms with E-state index < -0.39 is 22.8 Å². The van der Waals surface area contributed by atoms with Crippen molar-refractivity contribution in [1.82, 2.24) is 14.3 Å². The second kappa shape index (κ2) is 15.6. The summed E-state index contributed by atoms with van der Waals surface area (Å²) in [6.07, 6.45) is 0.552. The van der Waals surface area contributed by atoms with E-state index in [1.807, 2.05) is 72.8 Å². The van der Waals surface area contributed by atoms with Gasteiger partial charge in [0.15, 0.2) is 5.60 Å². The van der Waals surface area contributed by atoms with Gasteiger partial charge in [0.05, 0.1) is 19.8 Å². The molecule has 11 heteroatoms. The van der Waals surface area contributed by atoms with E-state index in [4.69, 9.17) is 18.9 Å². The highest BCUT2D eigenvalue weighted by Crippen LogP contribution is 2.20. The number of hydrogen-bond donors (Lipinski definition) is 1. The number of nitrogens with one attached hydrogen (secondary N) is 1. The van der Waals surface area contributed by atoms with Gasteiger partial charge in [0.2, 0.25) is 5.82 Å². The molecule has 1 N–H and O–H groups in total. The van der Waals surface area contributed by atoms with Gasteiger partial charge in [0.1, 0.15) is 19.2 Å². The fraction of sp³-hybridized carbons (Fsp3) is 0.333. The van der Waals surface area contributed by atoms with Crippen molar-refractivity contribution < 1.29 is 23.7 Å². The van der Waals surface area contributed by atoms with Gasteiger partial charge in [-0.15, -0.1) is 5.10 Å². The molecule has 0 saturated heterocycles. The minimum atomic E-state index is -1.12. The molecule has 1 heterocycles. The molecule has 0 bridgehead atoms. The minimum Gasteiger partial charge on any atom is -0.476 e. The lowest BCUT2D eigenvalue weighted by Crippen LogP contribution is -2.43. The molecule has 1 aromatic heterocycles. The average Bonchev–Trinajstić information content (AvgIpc) is 3.02. The average molecular weight is 603 g/mol. The Morgan fingerprint density at radius 3 is 2.00 bits per heavy atom. The summed E-state index contributed by atoms with van der Waals surface area (Å²) in [4.78, 5) is 38.5. The van der Waals surface area contributed by atoms with Crippen LogP contribution in [0, 0.1) is 0 Å². The fourth-order valence-electron chi connectivity index (χ4n) is 4.21. The smallest absolute Gasteiger partial charge is 0.351 e. The second-order valence-corrected chi connectivity index (χ2v) is 10.4. The standard InChI is InChI=1S/C33H38N4O7/c1-4-43-31(39)33(2,3)44-28-17-15-25(16-18-28)19-20-34-29-30(38)36(23-41-21-26-11-7-5-8-12-26)32(40)37(35-29)24-42-22-27-13-9-6-10-14-27/h5-18H,4,19-24H2,1-3H3,(H,34,35). The summed E-state index contributed by atoms with van der Waals surface area (Å²) in [5.74, 6) is 0.0958. The van der Waals surface area contributed by atoms with Crippen LogP contribution in [0.25, 0.3) is 0 Å². The van der Waals surface area contributed by atoms with E-state index in [0.717, 1.165) is 25.9 Å². The molecule has 4 aromatic rings. The highest BCUT2D eigenvalue weighted by molar-refractivity contribution is 5.79. The molecule has 4 rings (SSSR count). The van der Waals surface area contributed by atoms with Crippen LogP contribution in [0.1, 0.15) is 37.5 Å². The van der Waals surface area contributed by atoms with Crippen molar-refractivity contribution >= 4 is 11.8 Å². The summed E-state index contributed by atoms with van der Waals surface area (Å²) in [5, 5.41) is 7.32. The molecule has 0 aliphatic carbocycles. The molecular weight excluding hydrogens is 564 g/mol. The number of aromatic nitrogens is 3. The minimum absolute atomic E-state index is 0.00682. The van der Waals surface area contributed by atoms with Gasteiger partial charge in [-0.3, -0.25) is 4.79 Å². The molecule has 44 heavy (non-hydrogen) atoms. The highest BCUT2D eigenvalue weighted by Gasteiger charge is 2.31. The van der Waals surface area contributed by atoms with Crippen molar-refractivity contribution in [2.45, 2.75) is 59.5 Å². The topological polar surface area (TPSA) is 123 Å². The summed E-state index contributed by atoms with van der Waals surface area (Å²) in [7, 11) is 0. The highest BCUT2D eigenvalue weighted by atomic mass is 16.6.